The smallest absolute Gasteiger partial charge is 0.347 e. The van der Waals surface area contributed by atoms with Crippen molar-refractivity contribution in [3.63, 3.8) is 0 Å². The van der Waals surface area contributed by atoms with Gasteiger partial charge < -0.3 is 14.7 Å². The molecule has 8 nitrogen and oxygen atoms in total. The molecule has 5 rings (SSSR count). The second-order valence-corrected chi connectivity index (χ2v) is 10.1. The van der Waals surface area contributed by atoms with E-state index in [9.17, 15) is 27.9 Å². The van der Waals surface area contributed by atoms with Crippen molar-refractivity contribution in [2.24, 2.45) is 0 Å². The summed E-state index contributed by atoms with van der Waals surface area (Å²) in [5.41, 5.74) is -0.0343. The number of benzene rings is 3. The number of aliphatic carboxylic acids is 1. The molecular formula is C31H27F3N4O4. The number of aromatic nitrogens is 2. The van der Waals surface area contributed by atoms with Crippen molar-refractivity contribution in [2.75, 3.05) is 18.5 Å². The summed E-state index contributed by atoms with van der Waals surface area (Å²) in [6.45, 7) is 2.52. The first-order valence-electron chi connectivity index (χ1n) is 13.0. The van der Waals surface area contributed by atoms with Gasteiger partial charge in [-0.1, -0.05) is 48.5 Å². The molecule has 0 fully saturated rings. The van der Waals surface area contributed by atoms with E-state index < -0.39 is 53.1 Å². The number of carbonyl (C=O) groups is 2. The van der Waals surface area contributed by atoms with Gasteiger partial charge in [0.1, 0.15) is 23.0 Å². The fourth-order valence-corrected chi connectivity index (χ4v) is 5.57. The van der Waals surface area contributed by atoms with Crippen LogP contribution in [0.4, 0.5) is 18.9 Å². The molecule has 0 radical (unpaired) electrons. The first kappa shape index (κ1) is 28.7. The monoisotopic (exact) mass is 576 g/mol. The number of amides is 1. The SMILES string of the molecule is Cc1cc(C)nc(OC(C(=O)O)[C@@]2(c3ccccc3)c3ccccc3N(Cc3c(F)cc(F)cc3F)C(=O)CN2C)n1. The van der Waals surface area contributed by atoms with Gasteiger partial charge in [0.05, 0.1) is 13.1 Å². The fraction of sp³-hybridized carbons (Fsp3) is 0.226. The summed E-state index contributed by atoms with van der Waals surface area (Å²) in [5, 5.41) is 10.7. The summed E-state index contributed by atoms with van der Waals surface area (Å²) in [6.07, 6.45) is -1.70. The van der Waals surface area contributed by atoms with Gasteiger partial charge in [0.25, 0.3) is 0 Å². The average molecular weight is 577 g/mol. The molecule has 1 aromatic heterocycles. The Bertz CT molecular complexity index is 1630. The number of rotatable bonds is 7. The number of carboxylic acids is 1. The third-order valence-electron chi connectivity index (χ3n) is 7.31. The van der Waals surface area contributed by atoms with Crippen molar-refractivity contribution in [1.82, 2.24) is 14.9 Å². The van der Waals surface area contributed by atoms with E-state index in [0.29, 0.717) is 34.6 Å². The topological polar surface area (TPSA) is 95.9 Å². The van der Waals surface area contributed by atoms with E-state index in [4.69, 9.17) is 4.74 Å². The van der Waals surface area contributed by atoms with Crippen LogP contribution in [0.3, 0.4) is 0 Å². The molecule has 4 aromatic rings. The van der Waals surface area contributed by atoms with Crippen LogP contribution in [0.25, 0.3) is 0 Å². The van der Waals surface area contributed by atoms with Gasteiger partial charge in [-0.2, -0.15) is 0 Å². The molecular weight excluding hydrogens is 549 g/mol. The number of hydrogen-bond donors (Lipinski definition) is 1. The highest BCUT2D eigenvalue weighted by Gasteiger charge is 2.55. The maximum absolute atomic E-state index is 14.8. The number of hydrogen-bond acceptors (Lipinski definition) is 6. The lowest BCUT2D eigenvalue weighted by Crippen LogP contribution is -2.59. The standard InChI is InChI=1S/C31H27F3N4O4/c1-18-13-19(2)36-30(35-18)42-28(29(40)41)31(20-9-5-4-6-10-20)23-11-7-8-12-26(23)38(27(39)17-37(31)3)16-22-24(33)14-21(32)15-25(22)34/h4-15,28H,16-17H2,1-3H3,(H,40,41)/t28?,31-/m1/s1. The molecule has 216 valence electrons. The summed E-state index contributed by atoms with van der Waals surface area (Å²) >= 11 is 0. The highest BCUT2D eigenvalue weighted by Crippen LogP contribution is 2.46. The fourth-order valence-electron chi connectivity index (χ4n) is 5.57. The maximum atomic E-state index is 14.8. The minimum atomic E-state index is -1.70. The van der Waals surface area contributed by atoms with Crippen LogP contribution >= 0.6 is 0 Å². The summed E-state index contributed by atoms with van der Waals surface area (Å²) in [5.74, 6) is -5.32. The van der Waals surface area contributed by atoms with Crippen LogP contribution in [0, 0.1) is 31.3 Å². The predicted octanol–water partition coefficient (Wildman–Crippen LogP) is 4.77. The van der Waals surface area contributed by atoms with Crippen molar-refractivity contribution < 1.29 is 32.6 Å². The van der Waals surface area contributed by atoms with Crippen LogP contribution in [-0.2, 0) is 21.7 Å². The number of halogens is 3. The lowest BCUT2D eigenvalue weighted by atomic mass is 9.76. The summed E-state index contributed by atoms with van der Waals surface area (Å²) in [6, 6.07) is 17.8. The number of ether oxygens (including phenoxy) is 1. The molecule has 11 heteroatoms. The zero-order valence-electron chi connectivity index (χ0n) is 23.0. The Morgan fingerprint density at radius 1 is 0.976 bits per heavy atom. The average Bonchev–Trinajstić information content (AvgIpc) is 3.01. The number of anilines is 1. The number of likely N-dealkylation sites (N-methyl/N-ethyl adjacent to an activating group) is 1. The highest BCUT2D eigenvalue weighted by molar-refractivity contribution is 5.97. The molecule has 1 N–H and O–H groups in total. The molecule has 2 atom stereocenters. The minimum Gasteiger partial charge on any atom is -0.478 e. The van der Waals surface area contributed by atoms with Crippen molar-refractivity contribution in [1.29, 1.82) is 0 Å². The van der Waals surface area contributed by atoms with E-state index in [1.54, 1.807) is 86.5 Å². The van der Waals surface area contributed by atoms with Crippen LogP contribution in [0.15, 0.2) is 72.8 Å². The van der Waals surface area contributed by atoms with Crippen LogP contribution in [0.5, 0.6) is 6.01 Å². The van der Waals surface area contributed by atoms with Gasteiger partial charge in [-0.3, -0.25) is 9.69 Å². The number of nitrogens with zero attached hydrogens (tertiary/aromatic N) is 4. The van der Waals surface area contributed by atoms with E-state index in [-0.39, 0.29) is 18.2 Å². The molecule has 0 bridgehead atoms. The van der Waals surface area contributed by atoms with Crippen molar-refractivity contribution in [3.05, 3.63) is 118 Å². The summed E-state index contributed by atoms with van der Waals surface area (Å²) in [7, 11) is 1.58. The van der Waals surface area contributed by atoms with Gasteiger partial charge in [-0.05, 0) is 38.6 Å². The molecule has 0 saturated heterocycles. The third kappa shape index (κ3) is 5.07. The number of aryl methyl sites for hydroxylation is 2. The van der Waals surface area contributed by atoms with E-state index in [2.05, 4.69) is 9.97 Å². The molecule has 1 aliphatic heterocycles. The van der Waals surface area contributed by atoms with Gasteiger partial charge in [-0.25, -0.2) is 27.9 Å². The van der Waals surface area contributed by atoms with E-state index in [0.717, 1.165) is 0 Å². The summed E-state index contributed by atoms with van der Waals surface area (Å²) in [4.78, 5) is 38.2. The quantitative estimate of drug-likeness (QED) is 0.339. The molecule has 2 heterocycles. The Labute approximate surface area is 240 Å². The van der Waals surface area contributed by atoms with E-state index >= 15 is 0 Å². The molecule has 3 aromatic carbocycles. The van der Waals surface area contributed by atoms with E-state index in [1.165, 1.54) is 4.90 Å². The van der Waals surface area contributed by atoms with Crippen LogP contribution in [0.2, 0.25) is 0 Å². The van der Waals surface area contributed by atoms with Gasteiger partial charge >= 0.3 is 12.0 Å². The lowest BCUT2D eigenvalue weighted by Gasteiger charge is -2.44. The highest BCUT2D eigenvalue weighted by atomic mass is 19.1. The Morgan fingerprint density at radius 2 is 1.57 bits per heavy atom. The zero-order valence-corrected chi connectivity index (χ0v) is 23.0. The summed E-state index contributed by atoms with van der Waals surface area (Å²) < 4.78 is 49.3. The molecule has 42 heavy (non-hydrogen) atoms. The Balaban J connectivity index is 1.77. The predicted molar refractivity (Wildman–Crippen MR) is 147 cm³/mol. The van der Waals surface area contributed by atoms with Gasteiger partial charge in [-0.15, -0.1) is 0 Å². The number of carboxylic acid groups (broad SMARTS) is 1. The molecule has 0 saturated carbocycles. The van der Waals surface area contributed by atoms with E-state index in [1.807, 2.05) is 0 Å². The molecule has 0 aliphatic carbocycles. The largest absolute Gasteiger partial charge is 0.478 e. The molecule has 1 aliphatic rings. The van der Waals surface area contributed by atoms with Gasteiger partial charge in [0, 0.05) is 40.3 Å². The molecule has 1 amide bonds. The number of fused-ring (bicyclic) bond motifs is 1. The Hall–Kier alpha value is -4.77. The molecule has 0 spiro atoms. The maximum Gasteiger partial charge on any atom is 0.347 e. The third-order valence-corrected chi connectivity index (χ3v) is 7.31. The minimum absolute atomic E-state index is 0.163. The first-order valence-corrected chi connectivity index (χ1v) is 13.0. The second kappa shape index (κ2) is 11.2. The van der Waals surface area contributed by atoms with Gasteiger partial charge in [0.15, 0.2) is 0 Å². The van der Waals surface area contributed by atoms with Crippen molar-refractivity contribution >= 4 is 17.6 Å². The molecule has 1 unspecified atom stereocenters. The van der Waals surface area contributed by atoms with Crippen LogP contribution in [0.1, 0.15) is 28.1 Å². The van der Waals surface area contributed by atoms with Gasteiger partial charge in [0.2, 0.25) is 12.0 Å². The first-order chi connectivity index (χ1) is 20.0. The Morgan fingerprint density at radius 3 is 2.19 bits per heavy atom. The lowest BCUT2D eigenvalue weighted by molar-refractivity contribution is -0.153. The van der Waals surface area contributed by atoms with Crippen molar-refractivity contribution in [3.8, 4) is 6.01 Å². The second-order valence-electron chi connectivity index (χ2n) is 10.1. The number of carbonyl (C=O) groups excluding carboxylic acids is 1. The van der Waals surface area contributed by atoms with Crippen LogP contribution in [-0.4, -0.2) is 51.5 Å². The normalized spacial score (nSPS) is 17.9. The number of para-hydroxylation sites is 1. The Kier molecular flexibility index (Phi) is 7.70. The van der Waals surface area contributed by atoms with Crippen LogP contribution < -0.4 is 9.64 Å². The van der Waals surface area contributed by atoms with Crippen molar-refractivity contribution in [2.45, 2.75) is 32.0 Å². The zero-order chi connectivity index (χ0) is 30.2.